The number of ketones is 1. The second kappa shape index (κ2) is 10.2. The summed E-state index contributed by atoms with van der Waals surface area (Å²) in [6.07, 6.45) is 0. The van der Waals surface area contributed by atoms with E-state index in [0.29, 0.717) is 5.16 Å². The van der Waals surface area contributed by atoms with Gasteiger partial charge in [-0.15, -0.1) is 32.6 Å². The highest BCUT2D eigenvalue weighted by atomic mass is 32.2. The van der Waals surface area contributed by atoms with Gasteiger partial charge in [-0.2, -0.15) is 0 Å². The van der Waals surface area contributed by atoms with Crippen LogP contribution in [0.25, 0.3) is 0 Å². The molecule has 0 radical (unpaired) electrons. The zero-order valence-corrected chi connectivity index (χ0v) is 22.9. The zero-order valence-electron chi connectivity index (χ0n) is 19.6. The summed E-state index contributed by atoms with van der Waals surface area (Å²) < 4.78 is 28.9. The summed E-state index contributed by atoms with van der Waals surface area (Å²) in [5.74, 6) is -3.30. The van der Waals surface area contributed by atoms with E-state index in [1.165, 1.54) is 52.3 Å². The van der Waals surface area contributed by atoms with Gasteiger partial charge in [-0.3, -0.25) is 19.2 Å². The van der Waals surface area contributed by atoms with Gasteiger partial charge >= 0.3 is 5.97 Å². The number of thioether (sulfide) groups is 2. The molecule has 2 aliphatic rings. The van der Waals surface area contributed by atoms with E-state index in [2.05, 4.69) is 30.2 Å². The highest BCUT2D eigenvalue weighted by Gasteiger charge is 2.57. The Labute approximate surface area is 222 Å². The Balaban J connectivity index is 1.40. The van der Waals surface area contributed by atoms with Crippen LogP contribution in [0.4, 0.5) is 0 Å². The summed E-state index contributed by atoms with van der Waals surface area (Å²) in [4.78, 5) is 53.9. The van der Waals surface area contributed by atoms with E-state index in [1.807, 2.05) is 0 Å². The van der Waals surface area contributed by atoms with Crippen LogP contribution in [0.1, 0.15) is 24.3 Å². The van der Waals surface area contributed by atoms with Crippen LogP contribution in [0.3, 0.4) is 0 Å². The predicted molar refractivity (Wildman–Crippen MR) is 132 cm³/mol. The Morgan fingerprint density at radius 2 is 2.14 bits per heavy atom. The molecule has 2 aromatic heterocycles. The van der Waals surface area contributed by atoms with E-state index in [9.17, 15) is 32.7 Å². The second-order valence-corrected chi connectivity index (χ2v) is 13.7. The number of aliphatic carboxylic acids is 1. The van der Waals surface area contributed by atoms with E-state index in [4.69, 9.17) is 0 Å². The number of thiazole rings is 1. The number of carbonyl (C=O) groups is 4. The lowest BCUT2D eigenvalue weighted by molar-refractivity contribution is -0.157. The standard InChI is InChI=1S/C18H22N8O7S4/c1-8(2)37(32,33)22-16-19-9(4-34-16)11(27)12(28)20-10-13(29)26-5-18(15(30)31,6-35-14(10)26)7-36-17-21-23-24-25(17)3/h4,8,10,14H,5-7H2,1-3H3,(H,19,22)(H,20,28)(H,30,31)/t10?,14-,18?/m1/s1. The third-order valence-corrected chi connectivity index (χ3v) is 11.1. The molecular weight excluding hydrogens is 569 g/mol. The molecule has 2 fully saturated rings. The molecule has 4 rings (SSSR count). The van der Waals surface area contributed by atoms with Crippen LogP contribution < -0.4 is 10.1 Å². The summed E-state index contributed by atoms with van der Waals surface area (Å²) in [7, 11) is -2.14. The molecule has 19 heteroatoms. The molecule has 0 aliphatic carbocycles. The molecule has 4 heterocycles. The van der Waals surface area contributed by atoms with Gasteiger partial charge in [0.2, 0.25) is 11.1 Å². The average molecular weight is 591 g/mol. The molecule has 200 valence electrons. The lowest BCUT2D eigenvalue weighted by Gasteiger charge is -2.53. The fraction of sp³-hybridized carbons (Fsp3) is 0.556. The maximum Gasteiger partial charge on any atom is 0.313 e. The first kappa shape index (κ1) is 27.3. The number of hydrogen-bond acceptors (Lipinski definition) is 12. The van der Waals surface area contributed by atoms with Crippen molar-refractivity contribution in [3.05, 3.63) is 15.9 Å². The number of Topliss-reactive ketones (excluding diaryl/α,β-unsaturated/α-hetero) is 1. The van der Waals surface area contributed by atoms with Crippen molar-refractivity contribution in [3.8, 4) is 0 Å². The van der Waals surface area contributed by atoms with Crippen molar-refractivity contribution in [2.45, 2.75) is 35.7 Å². The number of amides is 2. The number of nitrogens with one attached hydrogen (secondary N) is 2. The van der Waals surface area contributed by atoms with Crippen molar-refractivity contribution in [2.75, 3.05) is 18.1 Å². The highest BCUT2D eigenvalue weighted by Crippen LogP contribution is 2.44. The molecule has 2 unspecified atom stereocenters. The lowest BCUT2D eigenvalue weighted by Crippen LogP contribution is -2.74. The maximum absolute atomic E-state index is 12.8. The SMILES string of the molecule is CC(C)S(=O)(=O)N=c1[nH]c(C(=O)C(=O)NC2C(=O)N3CC(CSc4nnnn4C)(C(=O)O)CS[C@H]23)cs1. The van der Waals surface area contributed by atoms with Crippen LogP contribution in [0.2, 0.25) is 0 Å². The van der Waals surface area contributed by atoms with E-state index in [-0.39, 0.29) is 28.5 Å². The van der Waals surface area contributed by atoms with Crippen molar-refractivity contribution in [3.63, 3.8) is 0 Å². The molecule has 2 saturated heterocycles. The van der Waals surface area contributed by atoms with Crippen LogP contribution in [0.15, 0.2) is 14.9 Å². The number of sulfonamides is 1. The number of carbonyl (C=O) groups excluding carboxylic acids is 3. The van der Waals surface area contributed by atoms with Crippen LogP contribution in [0.5, 0.6) is 0 Å². The molecule has 3 atom stereocenters. The molecular formula is C18H22N8O7S4. The molecule has 3 N–H and O–H groups in total. The van der Waals surface area contributed by atoms with Crippen LogP contribution in [0, 0.1) is 5.41 Å². The van der Waals surface area contributed by atoms with Gasteiger partial charge in [-0.1, -0.05) is 11.8 Å². The Bertz CT molecular complexity index is 1430. The number of nitrogens with zero attached hydrogens (tertiary/aromatic N) is 6. The van der Waals surface area contributed by atoms with Crippen molar-refractivity contribution < 1.29 is 32.7 Å². The Hall–Kier alpha value is -2.77. The van der Waals surface area contributed by atoms with E-state index in [0.717, 1.165) is 11.3 Å². The maximum atomic E-state index is 12.8. The van der Waals surface area contributed by atoms with Crippen LogP contribution in [-0.4, -0.2) is 102 Å². The molecule has 0 spiro atoms. The Kier molecular flexibility index (Phi) is 7.50. The summed E-state index contributed by atoms with van der Waals surface area (Å²) in [6.45, 7) is 2.86. The van der Waals surface area contributed by atoms with Crippen molar-refractivity contribution >= 4 is 68.5 Å². The van der Waals surface area contributed by atoms with Gasteiger partial charge in [-0.25, -0.2) is 13.1 Å². The van der Waals surface area contributed by atoms with Gasteiger partial charge in [0.05, 0.1) is 5.25 Å². The number of aromatic nitrogens is 5. The van der Waals surface area contributed by atoms with Gasteiger partial charge in [0.25, 0.3) is 21.7 Å². The quantitative estimate of drug-likeness (QED) is 0.134. The zero-order chi connectivity index (χ0) is 27.1. The van der Waals surface area contributed by atoms with Gasteiger partial charge < -0.3 is 20.3 Å². The van der Waals surface area contributed by atoms with Gasteiger partial charge in [-0.05, 0) is 24.3 Å². The minimum atomic E-state index is -3.77. The van der Waals surface area contributed by atoms with Crippen LogP contribution in [-0.2, 0) is 31.5 Å². The Morgan fingerprint density at radius 1 is 1.41 bits per heavy atom. The smallest absolute Gasteiger partial charge is 0.313 e. The van der Waals surface area contributed by atoms with E-state index >= 15 is 0 Å². The fourth-order valence-corrected chi connectivity index (χ4v) is 7.69. The molecule has 2 aliphatic heterocycles. The first-order chi connectivity index (χ1) is 17.3. The van der Waals surface area contributed by atoms with Crippen molar-refractivity contribution in [1.29, 1.82) is 0 Å². The van der Waals surface area contributed by atoms with Gasteiger partial charge in [0, 0.05) is 30.5 Å². The average Bonchev–Trinajstić information content (AvgIpc) is 3.48. The number of rotatable bonds is 9. The monoisotopic (exact) mass is 590 g/mol. The first-order valence-corrected chi connectivity index (χ1v) is 15.1. The number of aromatic amines is 1. The summed E-state index contributed by atoms with van der Waals surface area (Å²) in [6, 6.07) is -0.993. The third-order valence-electron chi connectivity index (χ3n) is 5.73. The summed E-state index contributed by atoms with van der Waals surface area (Å²) in [5, 5.41) is 23.8. The normalized spacial score (nSPS) is 24.1. The second-order valence-electron chi connectivity index (χ2n) is 8.64. The number of fused-ring (bicyclic) bond motifs is 1. The minimum absolute atomic E-state index is 0.0569. The summed E-state index contributed by atoms with van der Waals surface area (Å²) >= 11 is 3.22. The number of tetrazole rings is 1. The number of hydrogen-bond donors (Lipinski definition) is 3. The number of H-pyrrole nitrogens is 1. The summed E-state index contributed by atoms with van der Waals surface area (Å²) in [5.41, 5.74) is -1.42. The third kappa shape index (κ3) is 5.30. The Morgan fingerprint density at radius 3 is 2.76 bits per heavy atom. The van der Waals surface area contributed by atoms with Crippen molar-refractivity contribution in [2.24, 2.45) is 16.9 Å². The van der Waals surface area contributed by atoms with Gasteiger partial charge in [0.1, 0.15) is 22.5 Å². The minimum Gasteiger partial charge on any atom is -0.481 e. The molecule has 0 aromatic carbocycles. The van der Waals surface area contributed by atoms with Gasteiger partial charge in [0.15, 0.2) is 4.80 Å². The molecule has 0 saturated carbocycles. The largest absolute Gasteiger partial charge is 0.481 e. The first-order valence-electron chi connectivity index (χ1n) is 10.7. The van der Waals surface area contributed by atoms with E-state index in [1.54, 1.807) is 7.05 Å². The van der Waals surface area contributed by atoms with Crippen LogP contribution >= 0.6 is 34.9 Å². The molecule has 0 bridgehead atoms. The van der Waals surface area contributed by atoms with E-state index < -0.39 is 55.7 Å². The molecule has 2 amide bonds. The fourth-order valence-electron chi connectivity index (χ4n) is 3.45. The lowest BCUT2D eigenvalue weighted by atomic mass is 9.89. The molecule has 2 aromatic rings. The number of aryl methyl sites for hydroxylation is 1. The highest BCUT2D eigenvalue weighted by molar-refractivity contribution is 8.00. The predicted octanol–water partition coefficient (Wildman–Crippen LogP) is -1.32. The van der Waals surface area contributed by atoms with Crippen molar-refractivity contribution in [1.82, 2.24) is 35.4 Å². The molecule has 37 heavy (non-hydrogen) atoms. The molecule has 15 nitrogen and oxygen atoms in total. The number of carboxylic acid groups (broad SMARTS) is 1. The number of carboxylic acids is 1. The number of β-lactam (4-membered cyclic amide) rings is 1. The topological polar surface area (TPSA) is 210 Å².